The van der Waals surface area contributed by atoms with Crippen LogP contribution in [0.4, 0.5) is 11.5 Å². The Balaban J connectivity index is 1.97. The van der Waals surface area contributed by atoms with Crippen molar-refractivity contribution < 1.29 is 14.5 Å². The highest BCUT2D eigenvalue weighted by Crippen LogP contribution is 2.27. The molecule has 1 aromatic heterocycles. The minimum atomic E-state index is -0.480. The molecule has 0 radical (unpaired) electrons. The number of non-ortho nitro benzene ring substituents is 1. The monoisotopic (exact) mass is 352 g/mol. The first-order valence-electron chi connectivity index (χ1n) is 7.84. The van der Waals surface area contributed by atoms with Crippen molar-refractivity contribution in [2.75, 3.05) is 12.4 Å². The van der Waals surface area contributed by atoms with Gasteiger partial charge in [0.05, 0.1) is 29.2 Å². The number of carbonyl (C=O) groups excluding carboxylic acids is 1. The first kappa shape index (κ1) is 17.3. The van der Waals surface area contributed by atoms with Gasteiger partial charge in [-0.2, -0.15) is 0 Å². The summed E-state index contributed by atoms with van der Waals surface area (Å²) in [7, 11) is 1.31. The van der Waals surface area contributed by atoms with Crippen molar-refractivity contribution in [3.05, 3.63) is 70.0 Å². The van der Waals surface area contributed by atoms with Gasteiger partial charge >= 0.3 is 5.97 Å². The summed E-state index contributed by atoms with van der Waals surface area (Å²) in [5.41, 5.74) is 1.59. The lowest BCUT2D eigenvalue weighted by Crippen LogP contribution is -2.10. The van der Waals surface area contributed by atoms with Gasteiger partial charge in [-0.05, 0) is 24.6 Å². The number of methoxy groups -OCH3 is 1. The van der Waals surface area contributed by atoms with E-state index in [1.54, 1.807) is 30.3 Å². The van der Waals surface area contributed by atoms with Gasteiger partial charge in [0.2, 0.25) is 0 Å². The van der Waals surface area contributed by atoms with Crippen molar-refractivity contribution in [1.82, 2.24) is 9.97 Å². The highest BCUT2D eigenvalue weighted by atomic mass is 16.6. The average molecular weight is 352 g/mol. The van der Waals surface area contributed by atoms with Crippen LogP contribution in [0.3, 0.4) is 0 Å². The topological polar surface area (TPSA) is 107 Å². The molecule has 0 bridgehead atoms. The van der Waals surface area contributed by atoms with Crippen LogP contribution < -0.4 is 5.32 Å². The van der Waals surface area contributed by atoms with Crippen LogP contribution in [0.25, 0.3) is 10.9 Å². The molecule has 2 aromatic carbocycles. The minimum absolute atomic E-state index is 0.0247. The largest absolute Gasteiger partial charge is 0.465 e. The summed E-state index contributed by atoms with van der Waals surface area (Å²) in [5, 5.41) is 14.8. The predicted octanol–water partition coefficient (Wildman–Crippen LogP) is 3.50. The smallest absolute Gasteiger partial charge is 0.340 e. The van der Waals surface area contributed by atoms with Crippen LogP contribution in [0.5, 0.6) is 0 Å². The Bertz CT molecular complexity index is 990. The van der Waals surface area contributed by atoms with E-state index in [1.807, 2.05) is 6.92 Å². The van der Waals surface area contributed by atoms with Crippen molar-refractivity contribution in [1.29, 1.82) is 0 Å². The number of para-hydroxylation sites is 1. The fourth-order valence-corrected chi connectivity index (χ4v) is 2.67. The predicted molar refractivity (Wildman–Crippen MR) is 96.0 cm³/mol. The minimum Gasteiger partial charge on any atom is -0.465 e. The van der Waals surface area contributed by atoms with Gasteiger partial charge in [0.25, 0.3) is 5.69 Å². The van der Waals surface area contributed by atoms with Gasteiger partial charge in [-0.15, -0.1) is 0 Å². The van der Waals surface area contributed by atoms with Crippen LogP contribution in [-0.4, -0.2) is 28.0 Å². The zero-order chi connectivity index (χ0) is 18.7. The number of benzene rings is 2. The molecule has 3 rings (SSSR count). The van der Waals surface area contributed by atoms with Crippen molar-refractivity contribution in [3.63, 3.8) is 0 Å². The van der Waals surface area contributed by atoms with Gasteiger partial charge in [-0.1, -0.05) is 18.2 Å². The summed E-state index contributed by atoms with van der Waals surface area (Å²) in [6, 6.07) is 11.3. The standard InChI is InChI=1S/C18H16N4O4/c1-11(12-5-3-6-13(9-12)22(24)25)21-17-14-7-4-8-15(18(23)26-2)16(14)19-10-20-17/h3-11H,1-2H3,(H,19,20,21)/t11-/m1/s1. The normalized spacial score (nSPS) is 11.8. The Kier molecular flexibility index (Phi) is 4.74. The number of nitro benzene ring substituents is 1. The van der Waals surface area contributed by atoms with E-state index in [0.717, 1.165) is 5.56 Å². The number of nitrogens with one attached hydrogen (secondary N) is 1. The number of nitrogens with zero attached hydrogens (tertiary/aromatic N) is 3. The summed E-state index contributed by atoms with van der Waals surface area (Å²) in [6.45, 7) is 1.87. The molecule has 0 spiro atoms. The molecule has 1 atom stereocenters. The van der Waals surface area contributed by atoms with Crippen molar-refractivity contribution >= 4 is 28.4 Å². The second-order valence-corrected chi connectivity index (χ2v) is 5.63. The summed E-state index contributed by atoms with van der Waals surface area (Å²) in [5.74, 6) is 0.0479. The molecule has 0 fully saturated rings. The number of hydrogen-bond donors (Lipinski definition) is 1. The highest BCUT2D eigenvalue weighted by molar-refractivity contribution is 6.05. The first-order valence-corrected chi connectivity index (χ1v) is 7.84. The third-order valence-electron chi connectivity index (χ3n) is 4.00. The van der Waals surface area contributed by atoms with Crippen LogP contribution in [0.15, 0.2) is 48.8 Å². The molecule has 1 heterocycles. The van der Waals surface area contributed by atoms with E-state index in [4.69, 9.17) is 4.74 Å². The van der Waals surface area contributed by atoms with Crippen LogP contribution >= 0.6 is 0 Å². The fraction of sp³-hybridized carbons (Fsp3) is 0.167. The number of ether oxygens (including phenoxy) is 1. The van der Waals surface area contributed by atoms with E-state index in [0.29, 0.717) is 22.3 Å². The molecule has 0 aliphatic heterocycles. The fourth-order valence-electron chi connectivity index (χ4n) is 2.67. The zero-order valence-corrected chi connectivity index (χ0v) is 14.2. The number of fused-ring (bicyclic) bond motifs is 1. The van der Waals surface area contributed by atoms with Gasteiger partial charge in [0, 0.05) is 17.5 Å². The molecule has 1 N–H and O–H groups in total. The second kappa shape index (κ2) is 7.14. The Morgan fingerprint density at radius 2 is 2.00 bits per heavy atom. The Morgan fingerprint density at radius 3 is 2.73 bits per heavy atom. The van der Waals surface area contributed by atoms with E-state index in [9.17, 15) is 14.9 Å². The molecule has 132 valence electrons. The summed E-state index contributed by atoms with van der Waals surface area (Å²) < 4.78 is 4.79. The molecular formula is C18H16N4O4. The van der Waals surface area contributed by atoms with E-state index < -0.39 is 10.9 Å². The van der Waals surface area contributed by atoms with E-state index in [2.05, 4.69) is 15.3 Å². The van der Waals surface area contributed by atoms with Crippen LogP contribution in [-0.2, 0) is 4.74 Å². The molecule has 0 aliphatic rings. The van der Waals surface area contributed by atoms with Gasteiger partial charge in [-0.25, -0.2) is 14.8 Å². The Morgan fingerprint density at radius 1 is 1.23 bits per heavy atom. The number of esters is 1. The van der Waals surface area contributed by atoms with Crippen molar-refractivity contribution in [3.8, 4) is 0 Å². The van der Waals surface area contributed by atoms with Crippen molar-refractivity contribution in [2.45, 2.75) is 13.0 Å². The van der Waals surface area contributed by atoms with Crippen LogP contribution in [0.2, 0.25) is 0 Å². The first-order chi connectivity index (χ1) is 12.5. The summed E-state index contributed by atoms with van der Waals surface area (Å²) >= 11 is 0. The van der Waals surface area contributed by atoms with Gasteiger partial charge in [0.1, 0.15) is 12.1 Å². The van der Waals surface area contributed by atoms with Crippen molar-refractivity contribution in [2.24, 2.45) is 0 Å². The molecule has 0 saturated heterocycles. The number of aromatic nitrogens is 2. The molecule has 8 heteroatoms. The lowest BCUT2D eigenvalue weighted by atomic mass is 10.1. The van der Waals surface area contributed by atoms with Crippen LogP contribution in [0, 0.1) is 10.1 Å². The lowest BCUT2D eigenvalue weighted by molar-refractivity contribution is -0.384. The molecule has 0 aliphatic carbocycles. The maximum Gasteiger partial charge on any atom is 0.340 e. The Hall–Kier alpha value is -3.55. The highest BCUT2D eigenvalue weighted by Gasteiger charge is 2.16. The summed E-state index contributed by atoms with van der Waals surface area (Å²) in [6.07, 6.45) is 1.36. The average Bonchev–Trinajstić information content (AvgIpc) is 2.67. The molecule has 3 aromatic rings. The third-order valence-corrected chi connectivity index (χ3v) is 4.00. The van der Waals surface area contributed by atoms with Gasteiger partial charge < -0.3 is 10.1 Å². The van der Waals surface area contributed by atoms with Crippen LogP contribution in [0.1, 0.15) is 28.9 Å². The van der Waals surface area contributed by atoms with E-state index >= 15 is 0 Å². The number of carbonyl (C=O) groups is 1. The molecule has 0 saturated carbocycles. The zero-order valence-electron chi connectivity index (χ0n) is 14.2. The van der Waals surface area contributed by atoms with Gasteiger partial charge in [0.15, 0.2) is 0 Å². The van der Waals surface area contributed by atoms with E-state index in [1.165, 1.54) is 25.6 Å². The molecule has 8 nitrogen and oxygen atoms in total. The van der Waals surface area contributed by atoms with E-state index in [-0.39, 0.29) is 11.7 Å². The quantitative estimate of drug-likeness (QED) is 0.425. The second-order valence-electron chi connectivity index (χ2n) is 5.63. The molecule has 26 heavy (non-hydrogen) atoms. The lowest BCUT2D eigenvalue weighted by Gasteiger charge is -2.16. The number of nitro groups is 1. The number of rotatable bonds is 5. The number of hydrogen-bond acceptors (Lipinski definition) is 7. The Labute approximate surface area is 149 Å². The van der Waals surface area contributed by atoms with Gasteiger partial charge in [-0.3, -0.25) is 10.1 Å². The third kappa shape index (κ3) is 3.30. The molecule has 0 amide bonds. The molecular weight excluding hydrogens is 336 g/mol. The SMILES string of the molecule is COC(=O)c1cccc2c(N[C@H](C)c3cccc([N+](=O)[O-])c3)ncnc12. The summed E-state index contributed by atoms with van der Waals surface area (Å²) in [4.78, 5) is 30.9. The maximum atomic E-state index is 11.9. The molecule has 0 unspecified atom stereocenters. The number of anilines is 1. The maximum absolute atomic E-state index is 11.9.